The molecule has 2 N–H and O–H groups in total. The van der Waals surface area contributed by atoms with Crippen LogP contribution in [0.1, 0.15) is 37.3 Å². The van der Waals surface area contributed by atoms with E-state index in [9.17, 15) is 26.3 Å². The summed E-state index contributed by atoms with van der Waals surface area (Å²) in [6.07, 6.45) is -3.78. The molecule has 0 bridgehead atoms. The Morgan fingerprint density at radius 1 is 1.05 bits per heavy atom. The molecule has 1 fully saturated rings. The first-order chi connectivity index (χ1) is 9.71. The summed E-state index contributed by atoms with van der Waals surface area (Å²) in [5.74, 6) is -6.50. The summed E-state index contributed by atoms with van der Waals surface area (Å²) in [4.78, 5) is 0. The normalized spacial score (nSPS) is 24.9. The Labute approximate surface area is 118 Å². The van der Waals surface area contributed by atoms with Gasteiger partial charge in [0.1, 0.15) is 0 Å². The molecule has 1 aliphatic rings. The van der Waals surface area contributed by atoms with E-state index in [1.165, 1.54) is 0 Å². The van der Waals surface area contributed by atoms with E-state index in [-0.39, 0.29) is 18.4 Å². The van der Waals surface area contributed by atoms with Gasteiger partial charge in [0, 0.05) is 11.6 Å². The van der Waals surface area contributed by atoms with Crippen LogP contribution in [0.4, 0.5) is 26.3 Å². The fourth-order valence-corrected chi connectivity index (χ4v) is 2.90. The van der Waals surface area contributed by atoms with Crippen LogP contribution in [0.3, 0.4) is 0 Å². The van der Waals surface area contributed by atoms with Crippen LogP contribution >= 0.6 is 0 Å². The fraction of sp³-hybridized carbons (Fsp3) is 0.571. The Hall–Kier alpha value is -1.24. The standard InChI is InChI=1S/C14H15F6N/c15-10-5-4-9(11(16)12(10)17)13(21)7-2-1-3-8(6-7)14(18,19)20/h4-5,7-8,13H,1-3,6,21H2. The molecule has 7 heteroatoms. The smallest absolute Gasteiger partial charge is 0.324 e. The van der Waals surface area contributed by atoms with Crippen molar-refractivity contribution in [3.63, 3.8) is 0 Å². The summed E-state index contributed by atoms with van der Waals surface area (Å²) in [6.45, 7) is 0. The number of nitrogens with two attached hydrogens (primary N) is 1. The predicted molar refractivity (Wildman–Crippen MR) is 64.7 cm³/mol. The Bertz CT molecular complexity index is 513. The van der Waals surface area contributed by atoms with E-state index in [0.29, 0.717) is 12.8 Å². The van der Waals surface area contributed by atoms with E-state index >= 15 is 0 Å². The van der Waals surface area contributed by atoms with E-state index in [1.54, 1.807) is 0 Å². The maximum absolute atomic E-state index is 13.7. The molecule has 0 radical (unpaired) electrons. The highest BCUT2D eigenvalue weighted by Crippen LogP contribution is 2.43. The lowest BCUT2D eigenvalue weighted by atomic mass is 9.76. The van der Waals surface area contributed by atoms with Gasteiger partial charge >= 0.3 is 6.18 Å². The Morgan fingerprint density at radius 2 is 1.71 bits per heavy atom. The van der Waals surface area contributed by atoms with Gasteiger partial charge in [-0.05, 0) is 31.2 Å². The van der Waals surface area contributed by atoms with Crippen LogP contribution in [0.25, 0.3) is 0 Å². The van der Waals surface area contributed by atoms with Crippen molar-refractivity contribution >= 4 is 0 Å². The molecule has 0 spiro atoms. The zero-order valence-corrected chi connectivity index (χ0v) is 11.1. The first-order valence-corrected chi connectivity index (χ1v) is 6.67. The molecule has 21 heavy (non-hydrogen) atoms. The molecular formula is C14H15F6N. The molecule has 0 aliphatic heterocycles. The first kappa shape index (κ1) is 16.1. The van der Waals surface area contributed by atoms with Crippen LogP contribution in [-0.2, 0) is 0 Å². The van der Waals surface area contributed by atoms with Crippen molar-refractivity contribution in [2.24, 2.45) is 17.6 Å². The van der Waals surface area contributed by atoms with Gasteiger partial charge in [0.05, 0.1) is 5.92 Å². The molecule has 1 nitrogen and oxygen atoms in total. The van der Waals surface area contributed by atoms with Crippen LogP contribution in [0, 0.1) is 29.3 Å². The second kappa shape index (κ2) is 5.87. The second-order valence-corrected chi connectivity index (χ2v) is 5.46. The van der Waals surface area contributed by atoms with Gasteiger partial charge in [-0.15, -0.1) is 0 Å². The zero-order chi connectivity index (χ0) is 15.8. The molecule has 0 heterocycles. The predicted octanol–water partition coefficient (Wildman–Crippen LogP) is 4.47. The van der Waals surface area contributed by atoms with E-state index in [1.807, 2.05) is 0 Å². The van der Waals surface area contributed by atoms with Gasteiger partial charge in [0.25, 0.3) is 0 Å². The molecule has 118 valence electrons. The van der Waals surface area contributed by atoms with Crippen LogP contribution < -0.4 is 5.73 Å². The van der Waals surface area contributed by atoms with Crippen molar-refractivity contribution in [3.8, 4) is 0 Å². The highest BCUT2D eigenvalue weighted by atomic mass is 19.4. The van der Waals surface area contributed by atoms with Gasteiger partial charge in [0.2, 0.25) is 0 Å². The highest BCUT2D eigenvalue weighted by Gasteiger charge is 2.43. The molecule has 3 unspecified atom stereocenters. The molecule has 1 aliphatic carbocycles. The molecule has 1 saturated carbocycles. The number of rotatable bonds is 2. The third-order valence-electron chi connectivity index (χ3n) is 4.11. The SMILES string of the molecule is NC(c1ccc(F)c(F)c1F)C1CCCC(C(F)(F)F)C1. The number of alkyl halides is 3. The van der Waals surface area contributed by atoms with Gasteiger partial charge in [-0.1, -0.05) is 12.5 Å². The van der Waals surface area contributed by atoms with Crippen LogP contribution in [-0.4, -0.2) is 6.18 Å². The van der Waals surface area contributed by atoms with Crippen molar-refractivity contribution in [2.75, 3.05) is 0 Å². The molecule has 2 rings (SSSR count). The lowest BCUT2D eigenvalue weighted by molar-refractivity contribution is -0.186. The number of hydrogen-bond acceptors (Lipinski definition) is 1. The molecule has 1 aromatic carbocycles. The van der Waals surface area contributed by atoms with Crippen molar-refractivity contribution in [1.82, 2.24) is 0 Å². The van der Waals surface area contributed by atoms with Crippen LogP contribution in [0.15, 0.2) is 12.1 Å². The lowest BCUT2D eigenvalue weighted by Crippen LogP contribution is -2.33. The Balaban J connectivity index is 2.20. The molecule has 1 aromatic rings. The third-order valence-corrected chi connectivity index (χ3v) is 4.11. The maximum Gasteiger partial charge on any atom is 0.391 e. The first-order valence-electron chi connectivity index (χ1n) is 6.67. The monoisotopic (exact) mass is 311 g/mol. The molecular weight excluding hydrogens is 296 g/mol. The number of hydrogen-bond donors (Lipinski definition) is 1. The van der Waals surface area contributed by atoms with E-state index < -0.39 is 41.5 Å². The minimum Gasteiger partial charge on any atom is -0.324 e. The molecule has 3 atom stereocenters. The second-order valence-electron chi connectivity index (χ2n) is 5.46. The van der Waals surface area contributed by atoms with E-state index in [4.69, 9.17) is 5.73 Å². The summed E-state index contributed by atoms with van der Waals surface area (Å²) in [7, 11) is 0. The maximum atomic E-state index is 13.7. The van der Waals surface area contributed by atoms with Crippen molar-refractivity contribution in [1.29, 1.82) is 0 Å². The average Bonchev–Trinajstić information content (AvgIpc) is 2.43. The Kier molecular flexibility index (Phi) is 4.51. The average molecular weight is 311 g/mol. The summed E-state index contributed by atoms with van der Waals surface area (Å²) in [5, 5.41) is 0. The third kappa shape index (κ3) is 3.33. The lowest BCUT2D eigenvalue weighted by Gasteiger charge is -2.34. The summed E-state index contributed by atoms with van der Waals surface area (Å²) < 4.78 is 78.0. The Morgan fingerprint density at radius 3 is 2.33 bits per heavy atom. The van der Waals surface area contributed by atoms with E-state index in [0.717, 1.165) is 12.1 Å². The van der Waals surface area contributed by atoms with Gasteiger partial charge in [0.15, 0.2) is 17.5 Å². The largest absolute Gasteiger partial charge is 0.391 e. The van der Waals surface area contributed by atoms with Gasteiger partial charge in [-0.3, -0.25) is 0 Å². The van der Waals surface area contributed by atoms with Gasteiger partial charge < -0.3 is 5.73 Å². The minimum absolute atomic E-state index is 0.0208. The van der Waals surface area contributed by atoms with Crippen LogP contribution in [0.2, 0.25) is 0 Å². The van der Waals surface area contributed by atoms with Crippen molar-refractivity contribution < 1.29 is 26.3 Å². The minimum atomic E-state index is -4.31. The zero-order valence-electron chi connectivity index (χ0n) is 11.1. The van der Waals surface area contributed by atoms with Gasteiger partial charge in [-0.2, -0.15) is 13.2 Å². The van der Waals surface area contributed by atoms with Crippen molar-refractivity contribution in [2.45, 2.75) is 37.9 Å². The quantitative estimate of drug-likeness (QED) is 0.633. The van der Waals surface area contributed by atoms with Crippen molar-refractivity contribution in [3.05, 3.63) is 35.1 Å². The van der Waals surface area contributed by atoms with Gasteiger partial charge in [-0.25, -0.2) is 13.2 Å². The molecule has 0 amide bonds. The molecule has 0 aromatic heterocycles. The topological polar surface area (TPSA) is 26.0 Å². The number of halogens is 6. The van der Waals surface area contributed by atoms with E-state index in [2.05, 4.69) is 0 Å². The highest BCUT2D eigenvalue weighted by molar-refractivity contribution is 5.24. The fourth-order valence-electron chi connectivity index (χ4n) is 2.90. The summed E-state index contributed by atoms with van der Waals surface area (Å²) >= 11 is 0. The summed E-state index contributed by atoms with van der Waals surface area (Å²) in [6, 6.07) is 0.651. The number of benzene rings is 1. The molecule has 0 saturated heterocycles. The van der Waals surface area contributed by atoms with Crippen LogP contribution in [0.5, 0.6) is 0 Å². The summed E-state index contributed by atoms with van der Waals surface area (Å²) in [5.41, 5.74) is 5.52.